The van der Waals surface area contributed by atoms with Gasteiger partial charge in [0, 0.05) is 0 Å². The highest BCUT2D eigenvalue weighted by atomic mass is 16.4. The molecule has 0 heterocycles. The van der Waals surface area contributed by atoms with Gasteiger partial charge in [-0.15, -0.1) is 0 Å². The molecule has 14 heavy (non-hydrogen) atoms. The van der Waals surface area contributed by atoms with Crippen LogP contribution in [0.1, 0.15) is 0 Å². The van der Waals surface area contributed by atoms with Crippen LogP contribution in [-0.4, -0.2) is 64.4 Å². The predicted octanol–water partition coefficient (Wildman–Crippen LogP) is -1.82. The third kappa shape index (κ3) is 22.4. The second kappa shape index (κ2) is 8.48. The zero-order chi connectivity index (χ0) is 11.7. The summed E-state index contributed by atoms with van der Waals surface area (Å²) in [6, 6.07) is 0. The van der Waals surface area contributed by atoms with Crippen LogP contribution in [0.3, 0.4) is 0 Å². The zero-order valence-corrected chi connectivity index (χ0v) is 8.04. The lowest BCUT2D eigenvalue weighted by Crippen LogP contribution is -2.30. The Kier molecular flexibility index (Phi) is 9.31. The average molecular weight is 207 g/mol. The maximum Gasteiger partial charge on any atom is 0.448 e. The summed E-state index contributed by atoms with van der Waals surface area (Å²) in [4.78, 5) is 21.1. The fourth-order valence-corrected chi connectivity index (χ4v) is 0.518. The Morgan fingerprint density at radius 3 is 1.50 bits per heavy atom. The quantitative estimate of drug-likeness (QED) is 0.400. The first kappa shape index (κ1) is 15.4. The van der Waals surface area contributed by atoms with Crippen LogP contribution in [0.15, 0.2) is 0 Å². The molecule has 0 amide bonds. The van der Waals surface area contributed by atoms with E-state index >= 15 is 0 Å². The van der Waals surface area contributed by atoms with Gasteiger partial charge < -0.3 is 20.3 Å². The molecule has 8 heteroatoms. The van der Waals surface area contributed by atoms with Gasteiger partial charge in [-0.25, -0.2) is 0 Å². The Morgan fingerprint density at radius 2 is 1.36 bits per heavy atom. The summed E-state index contributed by atoms with van der Waals surface area (Å²) in [7, 11) is 0.266. The van der Waals surface area contributed by atoms with Crippen LogP contribution in [-0.2, 0) is 9.59 Å². The van der Waals surface area contributed by atoms with Gasteiger partial charge >= 0.3 is 19.1 Å². The molecule has 0 saturated carbocycles. The minimum Gasteiger partial charge on any atom is -0.480 e. The maximum atomic E-state index is 9.96. The third-order valence-corrected chi connectivity index (χ3v) is 0.810. The van der Waals surface area contributed by atoms with Crippen LogP contribution >= 0.6 is 0 Å². The predicted molar refractivity (Wildman–Crippen MR) is 48.8 cm³/mol. The number of rotatable bonds is 4. The molecular formula is C6H14BNO6. The first-order chi connectivity index (χ1) is 6.25. The SMILES string of the molecule is CB(O)O.CN(CC(=O)O)CC(=O)O. The Labute approximate surface area is 81.7 Å². The van der Waals surface area contributed by atoms with Crippen molar-refractivity contribution in [3.05, 3.63) is 0 Å². The minimum atomic E-state index is -1.17. The Balaban J connectivity index is 0. The summed E-state index contributed by atoms with van der Waals surface area (Å²) in [5.74, 6) is -2.05. The molecule has 0 aliphatic heterocycles. The second-order valence-corrected chi connectivity index (χ2v) is 2.59. The standard InChI is InChI=1S/C5H9NO4.CH5BO2/c1-6(2-4(7)8)3-5(9)10;1-2(3)4/h2-3H2,1H3,(H,7,8)(H,9,10);3-4H,1H3. The van der Waals surface area contributed by atoms with Crippen LogP contribution in [0.5, 0.6) is 0 Å². The maximum absolute atomic E-state index is 9.96. The number of aliphatic carboxylic acids is 2. The lowest BCUT2D eigenvalue weighted by molar-refractivity contribution is -0.141. The molecule has 7 nitrogen and oxygen atoms in total. The van der Waals surface area contributed by atoms with Gasteiger partial charge in [-0.05, 0) is 13.9 Å². The van der Waals surface area contributed by atoms with E-state index in [1.54, 1.807) is 0 Å². The van der Waals surface area contributed by atoms with Crippen LogP contribution in [0.25, 0.3) is 0 Å². The number of hydrogen-bond acceptors (Lipinski definition) is 5. The number of hydrogen-bond donors (Lipinski definition) is 4. The van der Waals surface area contributed by atoms with E-state index in [0.717, 1.165) is 0 Å². The van der Waals surface area contributed by atoms with Gasteiger partial charge in [0.05, 0.1) is 13.1 Å². The number of carboxylic acid groups (broad SMARTS) is 2. The summed E-state index contributed by atoms with van der Waals surface area (Å²) in [6.45, 7) is 0.790. The van der Waals surface area contributed by atoms with Gasteiger partial charge in [-0.3, -0.25) is 14.5 Å². The molecule has 0 saturated heterocycles. The highest BCUT2D eigenvalue weighted by molar-refractivity contribution is 6.38. The van der Waals surface area contributed by atoms with Crippen LogP contribution in [0, 0.1) is 0 Å². The van der Waals surface area contributed by atoms with E-state index in [1.807, 2.05) is 0 Å². The lowest BCUT2D eigenvalue weighted by atomic mass is 9.99. The lowest BCUT2D eigenvalue weighted by Gasteiger charge is -2.08. The molecule has 0 aromatic heterocycles. The van der Waals surface area contributed by atoms with Gasteiger partial charge in [0.15, 0.2) is 0 Å². The molecule has 0 aromatic rings. The van der Waals surface area contributed by atoms with Crippen molar-refractivity contribution in [1.82, 2.24) is 4.90 Å². The number of likely N-dealkylation sites (N-methyl/N-ethyl adjacent to an activating group) is 1. The number of carbonyl (C=O) groups is 2. The van der Waals surface area contributed by atoms with Crippen molar-refractivity contribution in [2.24, 2.45) is 0 Å². The molecule has 0 bridgehead atoms. The minimum absolute atomic E-state index is 0.244. The molecule has 0 spiro atoms. The smallest absolute Gasteiger partial charge is 0.448 e. The average Bonchev–Trinajstić information content (AvgIpc) is 1.79. The molecule has 0 radical (unpaired) electrons. The van der Waals surface area contributed by atoms with Crippen molar-refractivity contribution in [3.8, 4) is 0 Å². The summed E-state index contributed by atoms with van der Waals surface area (Å²) < 4.78 is 0. The highest BCUT2D eigenvalue weighted by Crippen LogP contribution is 1.80. The van der Waals surface area contributed by atoms with Crippen LogP contribution in [0.2, 0.25) is 6.82 Å². The van der Waals surface area contributed by atoms with Gasteiger partial charge in [0.2, 0.25) is 0 Å². The number of nitrogens with zero attached hydrogens (tertiary/aromatic N) is 1. The topological polar surface area (TPSA) is 118 Å². The highest BCUT2D eigenvalue weighted by Gasteiger charge is 2.06. The largest absolute Gasteiger partial charge is 0.480 e. The van der Waals surface area contributed by atoms with Gasteiger partial charge in [-0.2, -0.15) is 0 Å². The fourth-order valence-electron chi connectivity index (χ4n) is 0.518. The molecule has 0 unspecified atom stereocenters. The zero-order valence-electron chi connectivity index (χ0n) is 8.04. The molecular weight excluding hydrogens is 193 g/mol. The molecule has 0 atom stereocenters. The molecule has 0 aromatic carbocycles. The monoisotopic (exact) mass is 207 g/mol. The van der Waals surface area contributed by atoms with E-state index in [4.69, 9.17) is 20.3 Å². The Morgan fingerprint density at radius 1 is 1.14 bits per heavy atom. The summed E-state index contributed by atoms with van der Waals surface area (Å²) in [6.07, 6.45) is 0. The van der Waals surface area contributed by atoms with Crippen molar-refractivity contribution >= 4 is 19.1 Å². The van der Waals surface area contributed by atoms with Crippen molar-refractivity contribution in [3.63, 3.8) is 0 Å². The van der Waals surface area contributed by atoms with Crippen molar-refractivity contribution in [2.75, 3.05) is 20.1 Å². The first-order valence-electron chi connectivity index (χ1n) is 3.74. The second-order valence-electron chi connectivity index (χ2n) is 2.59. The summed E-state index contributed by atoms with van der Waals surface area (Å²) >= 11 is 0. The van der Waals surface area contributed by atoms with Gasteiger partial charge in [0.25, 0.3) is 0 Å². The normalized spacial score (nSPS) is 8.93. The Hall–Kier alpha value is -1.12. The van der Waals surface area contributed by atoms with Gasteiger partial charge in [0.1, 0.15) is 0 Å². The van der Waals surface area contributed by atoms with Gasteiger partial charge in [-0.1, -0.05) is 0 Å². The molecule has 0 aliphatic rings. The van der Waals surface area contributed by atoms with Crippen molar-refractivity contribution in [2.45, 2.75) is 6.82 Å². The molecule has 0 aliphatic carbocycles. The van der Waals surface area contributed by atoms with Crippen LogP contribution in [0.4, 0.5) is 0 Å². The first-order valence-corrected chi connectivity index (χ1v) is 3.74. The summed E-state index contributed by atoms with van der Waals surface area (Å²) in [5.41, 5.74) is 0. The molecule has 4 N–H and O–H groups in total. The van der Waals surface area contributed by atoms with E-state index in [0.29, 0.717) is 0 Å². The Bertz CT molecular complexity index is 166. The van der Waals surface area contributed by atoms with E-state index in [9.17, 15) is 9.59 Å². The molecule has 0 rings (SSSR count). The molecule has 82 valence electrons. The third-order valence-electron chi connectivity index (χ3n) is 0.810. The number of carboxylic acids is 2. The van der Waals surface area contributed by atoms with E-state index < -0.39 is 19.1 Å². The van der Waals surface area contributed by atoms with Crippen LogP contribution < -0.4 is 0 Å². The molecule has 0 fully saturated rings. The summed E-state index contributed by atoms with van der Waals surface area (Å²) in [5, 5.41) is 31.5. The van der Waals surface area contributed by atoms with E-state index in [2.05, 4.69) is 0 Å². The van der Waals surface area contributed by atoms with E-state index in [1.165, 1.54) is 18.8 Å². The van der Waals surface area contributed by atoms with Crippen molar-refractivity contribution < 1.29 is 29.9 Å². The van der Waals surface area contributed by atoms with E-state index in [-0.39, 0.29) is 13.1 Å². The fraction of sp³-hybridized carbons (Fsp3) is 0.667. The van der Waals surface area contributed by atoms with Crippen molar-refractivity contribution in [1.29, 1.82) is 0 Å².